The Kier molecular flexibility index (Phi) is 6.64. The number of thioether (sulfide) groups is 1. The lowest BCUT2D eigenvalue weighted by Gasteiger charge is -2.12. The van der Waals surface area contributed by atoms with Gasteiger partial charge in [0.25, 0.3) is 5.91 Å². The van der Waals surface area contributed by atoms with Gasteiger partial charge in [-0.3, -0.25) is 14.9 Å². The molecule has 2 amide bonds. The lowest BCUT2D eigenvalue weighted by atomic mass is 10.1. The highest BCUT2D eigenvalue weighted by Crippen LogP contribution is 2.35. The molecule has 1 aromatic carbocycles. The monoisotopic (exact) mass is 409 g/mol. The Hall–Kier alpha value is -3.06. The standard InChI is InChI=1S/C18H14F3N3O3S/c1-10-7-14(18(19,20)21)13(8-22)17(23-10)28-9-15(25)24-16(26)11-3-5-12(27-2)6-4-11/h3-7H,9H2,1-2H3,(H,24,25,26). The van der Waals surface area contributed by atoms with E-state index in [-0.39, 0.29) is 22.0 Å². The van der Waals surface area contributed by atoms with Crippen molar-refractivity contribution in [1.29, 1.82) is 5.26 Å². The molecule has 10 heteroatoms. The number of methoxy groups -OCH3 is 1. The van der Waals surface area contributed by atoms with Crippen molar-refractivity contribution in [1.82, 2.24) is 10.3 Å². The molecule has 28 heavy (non-hydrogen) atoms. The molecule has 0 unspecified atom stereocenters. The number of amides is 2. The molecule has 0 saturated carbocycles. The number of pyridine rings is 1. The molecular formula is C18H14F3N3O3S. The van der Waals surface area contributed by atoms with E-state index in [2.05, 4.69) is 10.3 Å². The van der Waals surface area contributed by atoms with Crippen LogP contribution in [0.3, 0.4) is 0 Å². The lowest BCUT2D eigenvalue weighted by Crippen LogP contribution is -2.31. The van der Waals surface area contributed by atoms with Gasteiger partial charge >= 0.3 is 6.18 Å². The van der Waals surface area contributed by atoms with E-state index in [9.17, 15) is 22.8 Å². The second-order valence-corrected chi connectivity index (χ2v) is 6.46. The first-order valence-corrected chi connectivity index (χ1v) is 8.74. The van der Waals surface area contributed by atoms with Crippen molar-refractivity contribution in [2.24, 2.45) is 0 Å². The highest BCUT2D eigenvalue weighted by atomic mass is 32.2. The Morgan fingerprint density at radius 1 is 1.29 bits per heavy atom. The summed E-state index contributed by atoms with van der Waals surface area (Å²) in [4.78, 5) is 27.9. The number of imide groups is 1. The molecule has 0 aliphatic heterocycles. The maximum Gasteiger partial charge on any atom is 0.417 e. The summed E-state index contributed by atoms with van der Waals surface area (Å²) < 4.78 is 44.2. The number of benzene rings is 1. The summed E-state index contributed by atoms with van der Waals surface area (Å²) in [6.45, 7) is 1.35. The van der Waals surface area contributed by atoms with E-state index in [1.807, 2.05) is 0 Å². The van der Waals surface area contributed by atoms with Crippen LogP contribution in [0.2, 0.25) is 0 Å². The zero-order chi connectivity index (χ0) is 20.9. The number of carbonyl (C=O) groups excluding carboxylic acids is 2. The summed E-state index contributed by atoms with van der Waals surface area (Å²) in [5.74, 6) is -1.24. The van der Waals surface area contributed by atoms with Gasteiger partial charge in [-0.2, -0.15) is 18.4 Å². The largest absolute Gasteiger partial charge is 0.497 e. The number of halogens is 3. The van der Waals surface area contributed by atoms with Crippen molar-refractivity contribution >= 4 is 23.6 Å². The highest BCUT2D eigenvalue weighted by Gasteiger charge is 2.35. The van der Waals surface area contributed by atoms with Crippen LogP contribution in [0.4, 0.5) is 13.2 Å². The van der Waals surface area contributed by atoms with Gasteiger partial charge in [-0.25, -0.2) is 4.98 Å². The molecule has 1 aromatic heterocycles. The first kappa shape index (κ1) is 21.2. The summed E-state index contributed by atoms with van der Waals surface area (Å²) >= 11 is 0.650. The fraction of sp³-hybridized carbons (Fsp3) is 0.222. The fourth-order valence-corrected chi connectivity index (χ4v) is 3.04. The Morgan fingerprint density at radius 3 is 2.46 bits per heavy atom. The molecule has 0 aliphatic carbocycles. The van der Waals surface area contributed by atoms with Crippen LogP contribution in [0.15, 0.2) is 35.4 Å². The minimum absolute atomic E-state index is 0.0588. The highest BCUT2D eigenvalue weighted by molar-refractivity contribution is 8.00. The van der Waals surface area contributed by atoms with Gasteiger partial charge in [0, 0.05) is 11.3 Å². The third-order valence-electron chi connectivity index (χ3n) is 3.48. The summed E-state index contributed by atoms with van der Waals surface area (Å²) in [5, 5.41) is 11.0. The summed E-state index contributed by atoms with van der Waals surface area (Å²) in [5.41, 5.74) is -1.49. The van der Waals surface area contributed by atoms with Crippen LogP contribution in [0.1, 0.15) is 27.2 Å². The van der Waals surface area contributed by atoms with E-state index in [1.165, 1.54) is 32.2 Å². The molecule has 1 N–H and O–H groups in total. The number of nitriles is 1. The van der Waals surface area contributed by atoms with Gasteiger partial charge in [0.15, 0.2) is 0 Å². The van der Waals surface area contributed by atoms with E-state index in [4.69, 9.17) is 10.00 Å². The zero-order valence-corrected chi connectivity index (χ0v) is 15.6. The van der Waals surface area contributed by atoms with Crippen molar-refractivity contribution in [3.05, 3.63) is 52.7 Å². The van der Waals surface area contributed by atoms with Crippen LogP contribution in [-0.4, -0.2) is 29.7 Å². The molecule has 0 radical (unpaired) electrons. The first-order valence-electron chi connectivity index (χ1n) is 7.75. The summed E-state index contributed by atoms with van der Waals surface area (Å²) in [7, 11) is 1.47. The number of rotatable bonds is 5. The minimum atomic E-state index is -4.72. The Bertz CT molecular complexity index is 938. The third-order valence-corrected chi connectivity index (χ3v) is 4.45. The molecule has 0 fully saturated rings. The van der Waals surface area contributed by atoms with Crippen molar-refractivity contribution in [3.63, 3.8) is 0 Å². The number of hydrogen-bond donors (Lipinski definition) is 1. The van der Waals surface area contributed by atoms with Crippen molar-refractivity contribution in [3.8, 4) is 11.8 Å². The van der Waals surface area contributed by atoms with Crippen molar-refractivity contribution in [2.45, 2.75) is 18.1 Å². The Balaban J connectivity index is 2.09. The van der Waals surface area contributed by atoms with Gasteiger partial charge in [0.2, 0.25) is 5.91 Å². The van der Waals surface area contributed by atoms with Gasteiger partial charge in [-0.15, -0.1) is 0 Å². The maximum atomic E-state index is 13.1. The molecule has 0 atom stereocenters. The predicted octanol–water partition coefficient (Wildman–Crippen LogP) is 3.34. The van der Waals surface area contributed by atoms with E-state index in [0.29, 0.717) is 17.5 Å². The van der Waals surface area contributed by atoms with Gasteiger partial charge in [-0.05, 0) is 37.3 Å². The lowest BCUT2D eigenvalue weighted by molar-refractivity contribution is -0.138. The van der Waals surface area contributed by atoms with Gasteiger partial charge in [0.05, 0.1) is 24.0 Å². The average Bonchev–Trinajstić information content (AvgIpc) is 2.65. The topological polar surface area (TPSA) is 92.1 Å². The minimum Gasteiger partial charge on any atom is -0.497 e. The number of aryl methyl sites for hydroxylation is 1. The quantitative estimate of drug-likeness (QED) is 0.762. The molecule has 0 bridgehead atoms. The molecule has 1 heterocycles. The van der Waals surface area contributed by atoms with Gasteiger partial charge in [0.1, 0.15) is 16.8 Å². The number of nitrogens with zero attached hydrogens (tertiary/aromatic N) is 2. The summed E-state index contributed by atoms with van der Waals surface area (Å²) in [6.07, 6.45) is -4.72. The number of alkyl halides is 3. The first-order chi connectivity index (χ1) is 13.2. The van der Waals surface area contributed by atoms with Crippen molar-refractivity contribution in [2.75, 3.05) is 12.9 Å². The SMILES string of the molecule is COc1ccc(C(=O)NC(=O)CSc2nc(C)cc(C(F)(F)F)c2C#N)cc1. The number of ether oxygens (including phenoxy) is 1. The van der Waals surface area contributed by atoms with Crippen LogP contribution in [0.25, 0.3) is 0 Å². The van der Waals surface area contributed by atoms with Crippen LogP contribution < -0.4 is 10.1 Å². The normalized spacial score (nSPS) is 10.9. The average molecular weight is 409 g/mol. The molecule has 2 rings (SSSR count). The van der Waals surface area contributed by atoms with Gasteiger partial charge < -0.3 is 4.74 Å². The number of aromatic nitrogens is 1. The van der Waals surface area contributed by atoms with Crippen LogP contribution in [0, 0.1) is 18.3 Å². The molecule has 0 spiro atoms. The third kappa shape index (κ3) is 5.23. The molecule has 6 nitrogen and oxygen atoms in total. The second kappa shape index (κ2) is 8.75. The van der Waals surface area contributed by atoms with E-state index in [0.717, 1.165) is 6.07 Å². The molecule has 0 aliphatic rings. The Morgan fingerprint density at radius 2 is 1.93 bits per heavy atom. The maximum absolute atomic E-state index is 13.1. The fourth-order valence-electron chi connectivity index (χ4n) is 2.19. The van der Waals surface area contributed by atoms with Crippen LogP contribution in [0.5, 0.6) is 5.75 Å². The van der Waals surface area contributed by atoms with Crippen LogP contribution in [-0.2, 0) is 11.0 Å². The molecule has 0 saturated heterocycles. The molecule has 2 aromatic rings. The Labute approximate surface area is 162 Å². The molecular weight excluding hydrogens is 395 g/mol. The second-order valence-electron chi connectivity index (χ2n) is 5.50. The number of carbonyl (C=O) groups is 2. The zero-order valence-electron chi connectivity index (χ0n) is 14.8. The predicted molar refractivity (Wildman–Crippen MR) is 94.9 cm³/mol. The number of nitrogens with one attached hydrogen (secondary N) is 1. The van der Waals surface area contributed by atoms with E-state index < -0.39 is 29.1 Å². The number of hydrogen-bond acceptors (Lipinski definition) is 6. The smallest absolute Gasteiger partial charge is 0.417 e. The van der Waals surface area contributed by atoms with Gasteiger partial charge in [-0.1, -0.05) is 11.8 Å². The van der Waals surface area contributed by atoms with Crippen molar-refractivity contribution < 1.29 is 27.5 Å². The summed E-state index contributed by atoms with van der Waals surface area (Å²) in [6, 6.07) is 8.26. The van der Waals surface area contributed by atoms with E-state index in [1.54, 1.807) is 12.1 Å². The molecule has 146 valence electrons. The van der Waals surface area contributed by atoms with Crippen LogP contribution >= 0.6 is 11.8 Å². The van der Waals surface area contributed by atoms with E-state index >= 15 is 0 Å².